The normalized spacial score (nSPS) is 10.9. The van der Waals surface area contributed by atoms with Crippen molar-refractivity contribution in [2.24, 2.45) is 0 Å². The molecule has 100 valence electrons. The van der Waals surface area contributed by atoms with Crippen LogP contribution < -0.4 is 0 Å². The molecule has 2 rings (SSSR count). The third kappa shape index (κ3) is 3.93. The molecule has 0 atom stereocenters. The van der Waals surface area contributed by atoms with Crippen molar-refractivity contribution in [3.63, 3.8) is 0 Å². The van der Waals surface area contributed by atoms with E-state index in [4.69, 9.17) is 0 Å². The molecule has 0 aliphatic rings. The van der Waals surface area contributed by atoms with Gasteiger partial charge in [-0.25, -0.2) is 0 Å². The summed E-state index contributed by atoms with van der Waals surface area (Å²) in [5.41, 5.74) is 3.98. The van der Waals surface area contributed by atoms with Crippen LogP contribution in [0.5, 0.6) is 0 Å². The molecule has 0 N–H and O–H groups in total. The molecule has 0 aliphatic carbocycles. The third-order valence-corrected chi connectivity index (χ3v) is 3.45. The molecular formula is C18H23N. The molecule has 0 bridgehead atoms. The van der Waals surface area contributed by atoms with Crippen LogP contribution in [0.2, 0.25) is 0 Å². The Morgan fingerprint density at radius 1 is 0.789 bits per heavy atom. The molecule has 0 saturated carbocycles. The Morgan fingerprint density at radius 2 is 1.42 bits per heavy atom. The second-order valence-corrected chi connectivity index (χ2v) is 4.93. The van der Waals surface area contributed by atoms with Crippen molar-refractivity contribution < 1.29 is 0 Å². The summed E-state index contributed by atoms with van der Waals surface area (Å²) >= 11 is 0. The van der Waals surface area contributed by atoms with Crippen LogP contribution in [0.3, 0.4) is 0 Å². The first kappa shape index (κ1) is 13.8. The number of hydrogen-bond donors (Lipinski definition) is 0. The van der Waals surface area contributed by atoms with Crippen molar-refractivity contribution in [1.29, 1.82) is 0 Å². The number of hydrogen-bond acceptors (Lipinski definition) is 1. The van der Waals surface area contributed by atoms with Crippen molar-refractivity contribution in [3.8, 4) is 11.1 Å². The fraction of sp³-hybridized carbons (Fsp3) is 0.333. The van der Waals surface area contributed by atoms with Crippen molar-refractivity contribution in [1.82, 2.24) is 4.90 Å². The monoisotopic (exact) mass is 253 g/mol. The highest BCUT2D eigenvalue weighted by molar-refractivity contribution is 5.63. The Morgan fingerprint density at radius 3 is 2.00 bits per heavy atom. The third-order valence-electron chi connectivity index (χ3n) is 3.45. The molecule has 0 spiro atoms. The highest BCUT2D eigenvalue weighted by Crippen LogP contribution is 2.19. The largest absolute Gasteiger partial charge is 0.299 e. The molecule has 0 heterocycles. The molecule has 0 aliphatic heterocycles. The summed E-state index contributed by atoms with van der Waals surface area (Å²) in [6.07, 6.45) is 1.22. The van der Waals surface area contributed by atoms with Gasteiger partial charge < -0.3 is 0 Å². The zero-order chi connectivity index (χ0) is 13.5. The first-order valence-corrected chi connectivity index (χ1v) is 7.20. The molecule has 1 nitrogen and oxygen atoms in total. The zero-order valence-corrected chi connectivity index (χ0v) is 12.0. The summed E-state index contributed by atoms with van der Waals surface area (Å²) in [5, 5.41) is 0. The van der Waals surface area contributed by atoms with Gasteiger partial charge in [-0.15, -0.1) is 0 Å². The minimum Gasteiger partial charge on any atom is -0.299 e. The van der Waals surface area contributed by atoms with Gasteiger partial charge in [0.2, 0.25) is 0 Å². The summed E-state index contributed by atoms with van der Waals surface area (Å²) < 4.78 is 0. The van der Waals surface area contributed by atoms with E-state index in [-0.39, 0.29) is 0 Å². The molecule has 0 saturated heterocycles. The predicted octanol–water partition coefficient (Wildman–Crippen LogP) is 4.59. The van der Waals surface area contributed by atoms with Gasteiger partial charge >= 0.3 is 0 Å². The molecular weight excluding hydrogens is 230 g/mol. The van der Waals surface area contributed by atoms with Gasteiger partial charge in [0.05, 0.1) is 0 Å². The van der Waals surface area contributed by atoms with E-state index in [9.17, 15) is 0 Å². The minimum absolute atomic E-state index is 1.05. The molecule has 0 amide bonds. The number of benzene rings is 2. The van der Waals surface area contributed by atoms with Crippen LogP contribution in [0.15, 0.2) is 54.6 Å². The quantitative estimate of drug-likeness (QED) is 0.728. The van der Waals surface area contributed by atoms with Crippen LogP contribution in [-0.2, 0) is 6.54 Å². The minimum atomic E-state index is 1.05. The lowest BCUT2D eigenvalue weighted by atomic mass is 10.0. The fourth-order valence-electron chi connectivity index (χ4n) is 2.36. The van der Waals surface area contributed by atoms with Crippen molar-refractivity contribution in [3.05, 3.63) is 60.2 Å². The molecule has 0 unspecified atom stereocenters. The first-order chi connectivity index (χ1) is 9.33. The van der Waals surface area contributed by atoms with Gasteiger partial charge in [0, 0.05) is 6.54 Å². The number of nitrogens with zero attached hydrogens (tertiary/aromatic N) is 1. The smallest absolute Gasteiger partial charge is 0.0233 e. The Hall–Kier alpha value is -1.60. The van der Waals surface area contributed by atoms with E-state index in [0.717, 1.165) is 13.1 Å². The second kappa shape index (κ2) is 7.10. The Bertz CT molecular complexity index is 473. The van der Waals surface area contributed by atoms with Crippen molar-refractivity contribution >= 4 is 0 Å². The fourth-order valence-corrected chi connectivity index (χ4v) is 2.36. The van der Waals surface area contributed by atoms with Crippen molar-refractivity contribution in [2.45, 2.75) is 26.8 Å². The van der Waals surface area contributed by atoms with E-state index >= 15 is 0 Å². The summed E-state index contributed by atoms with van der Waals surface area (Å²) in [7, 11) is 0. The topological polar surface area (TPSA) is 3.24 Å². The molecule has 1 heteroatoms. The van der Waals surface area contributed by atoms with Crippen LogP contribution in [0.1, 0.15) is 25.8 Å². The Labute approximate surface area is 116 Å². The van der Waals surface area contributed by atoms with Crippen molar-refractivity contribution in [2.75, 3.05) is 13.1 Å². The maximum Gasteiger partial charge on any atom is 0.0233 e. The molecule has 0 aromatic heterocycles. The van der Waals surface area contributed by atoms with Gasteiger partial charge in [0.1, 0.15) is 0 Å². The van der Waals surface area contributed by atoms with Crippen LogP contribution in [0.25, 0.3) is 11.1 Å². The van der Waals surface area contributed by atoms with E-state index in [1.165, 1.54) is 29.7 Å². The van der Waals surface area contributed by atoms with E-state index in [1.54, 1.807) is 0 Å². The lowest BCUT2D eigenvalue weighted by Gasteiger charge is -2.19. The average Bonchev–Trinajstić information content (AvgIpc) is 2.48. The Kier molecular flexibility index (Phi) is 5.17. The molecule has 0 fully saturated rings. The van der Waals surface area contributed by atoms with Gasteiger partial charge in [-0.2, -0.15) is 0 Å². The molecule has 2 aromatic carbocycles. The zero-order valence-electron chi connectivity index (χ0n) is 12.0. The van der Waals surface area contributed by atoms with E-state index in [0.29, 0.717) is 0 Å². The van der Waals surface area contributed by atoms with E-state index in [1.807, 2.05) is 0 Å². The van der Waals surface area contributed by atoms with Gasteiger partial charge in [0.15, 0.2) is 0 Å². The Balaban J connectivity index is 2.06. The van der Waals surface area contributed by atoms with Gasteiger partial charge in [-0.1, -0.05) is 68.4 Å². The molecule has 19 heavy (non-hydrogen) atoms. The summed E-state index contributed by atoms with van der Waals surface area (Å²) in [5.74, 6) is 0. The van der Waals surface area contributed by atoms with Gasteiger partial charge in [-0.3, -0.25) is 4.90 Å². The van der Waals surface area contributed by atoms with Crippen LogP contribution in [0, 0.1) is 0 Å². The second-order valence-electron chi connectivity index (χ2n) is 4.93. The van der Waals surface area contributed by atoms with Gasteiger partial charge in [0.25, 0.3) is 0 Å². The van der Waals surface area contributed by atoms with Crippen LogP contribution in [0.4, 0.5) is 0 Å². The van der Waals surface area contributed by atoms with E-state index in [2.05, 4.69) is 73.3 Å². The molecule has 2 aromatic rings. The van der Waals surface area contributed by atoms with Gasteiger partial charge in [-0.05, 0) is 36.2 Å². The maximum atomic E-state index is 2.48. The highest BCUT2D eigenvalue weighted by Gasteiger charge is 2.03. The standard InChI is InChI=1S/C18H23N/c1-3-14-19(4-2)15-16-10-12-18(13-11-16)17-8-6-5-7-9-17/h5-13H,3-4,14-15H2,1-2H3. The summed E-state index contributed by atoms with van der Waals surface area (Å²) in [6.45, 7) is 7.82. The average molecular weight is 253 g/mol. The lowest BCUT2D eigenvalue weighted by molar-refractivity contribution is 0.280. The van der Waals surface area contributed by atoms with Crippen LogP contribution in [-0.4, -0.2) is 18.0 Å². The van der Waals surface area contributed by atoms with Crippen LogP contribution >= 0.6 is 0 Å². The van der Waals surface area contributed by atoms with E-state index < -0.39 is 0 Å². The summed E-state index contributed by atoms with van der Waals surface area (Å²) in [4.78, 5) is 2.48. The SMILES string of the molecule is CCCN(CC)Cc1ccc(-c2ccccc2)cc1. The first-order valence-electron chi connectivity index (χ1n) is 7.20. The maximum absolute atomic E-state index is 2.48. The lowest BCUT2D eigenvalue weighted by Crippen LogP contribution is -2.23. The summed E-state index contributed by atoms with van der Waals surface area (Å²) in [6, 6.07) is 19.5. The molecule has 0 radical (unpaired) electrons. The highest BCUT2D eigenvalue weighted by atomic mass is 15.1. The number of rotatable bonds is 6. The predicted molar refractivity (Wildman–Crippen MR) is 83.1 cm³/mol.